The minimum Gasteiger partial charge on any atom is -0.416 e. The molecule has 37 heavy (non-hydrogen) atoms. The topological polar surface area (TPSA) is 113 Å². The monoisotopic (exact) mass is 496 g/mol. The van der Waals surface area contributed by atoms with E-state index in [9.17, 15) is 9.59 Å². The van der Waals surface area contributed by atoms with Gasteiger partial charge in [-0.05, 0) is 79.4 Å². The molecule has 0 spiro atoms. The van der Waals surface area contributed by atoms with Crippen molar-refractivity contribution in [2.45, 2.75) is 31.7 Å². The molecule has 9 nitrogen and oxygen atoms in total. The Hall–Kier alpha value is -4.53. The summed E-state index contributed by atoms with van der Waals surface area (Å²) < 4.78 is 5.86. The zero-order valence-corrected chi connectivity index (χ0v) is 20.6. The highest BCUT2D eigenvalue weighted by atomic mass is 16.4. The third kappa shape index (κ3) is 5.66. The van der Waals surface area contributed by atoms with Gasteiger partial charge in [-0.25, -0.2) is 0 Å². The van der Waals surface area contributed by atoms with Crippen LogP contribution in [0, 0.1) is 0 Å². The van der Waals surface area contributed by atoms with E-state index in [1.165, 1.54) is 0 Å². The van der Waals surface area contributed by atoms with Crippen LogP contribution in [0.5, 0.6) is 0 Å². The van der Waals surface area contributed by atoms with Crippen LogP contribution in [0.25, 0.3) is 22.9 Å². The van der Waals surface area contributed by atoms with Gasteiger partial charge in [0.15, 0.2) is 0 Å². The van der Waals surface area contributed by atoms with Crippen LogP contribution in [0.3, 0.4) is 0 Å². The van der Waals surface area contributed by atoms with Crippen molar-refractivity contribution in [2.24, 2.45) is 0 Å². The molecule has 2 aromatic heterocycles. The fourth-order valence-corrected chi connectivity index (χ4v) is 4.44. The van der Waals surface area contributed by atoms with E-state index in [0.29, 0.717) is 30.4 Å². The molecule has 0 radical (unpaired) electrons. The second-order valence-corrected chi connectivity index (χ2v) is 8.94. The molecule has 9 heteroatoms. The lowest BCUT2D eigenvalue weighted by Gasteiger charge is -2.34. The lowest BCUT2D eigenvalue weighted by Crippen LogP contribution is -2.50. The molecule has 5 rings (SSSR count). The van der Waals surface area contributed by atoms with Crippen molar-refractivity contribution in [1.29, 1.82) is 0 Å². The number of nitrogens with one attached hydrogen (secondary N) is 2. The number of anilines is 2. The molecule has 1 aliphatic rings. The molecule has 0 bridgehead atoms. The molecule has 1 atom stereocenters. The number of nitrogens with zero attached hydrogens (tertiary/aromatic N) is 4. The van der Waals surface area contributed by atoms with E-state index in [2.05, 4.69) is 25.8 Å². The van der Waals surface area contributed by atoms with Crippen molar-refractivity contribution in [2.75, 3.05) is 24.2 Å². The number of likely N-dealkylation sites (tertiary alicyclic amines) is 1. The van der Waals surface area contributed by atoms with Gasteiger partial charge in [0.25, 0.3) is 0 Å². The Morgan fingerprint density at radius 3 is 2.24 bits per heavy atom. The van der Waals surface area contributed by atoms with Gasteiger partial charge in [0.1, 0.15) is 6.04 Å². The quantitative estimate of drug-likeness (QED) is 0.390. The van der Waals surface area contributed by atoms with Crippen molar-refractivity contribution < 1.29 is 14.0 Å². The Morgan fingerprint density at radius 1 is 0.946 bits per heavy atom. The van der Waals surface area contributed by atoms with Gasteiger partial charge in [-0.2, -0.15) is 0 Å². The molecular weight excluding hydrogens is 468 g/mol. The molecule has 3 heterocycles. The van der Waals surface area contributed by atoms with Gasteiger partial charge in [0, 0.05) is 48.5 Å². The average molecular weight is 497 g/mol. The fraction of sp³-hybridized carbons (Fsp3) is 0.250. The predicted octanol–water partition coefficient (Wildman–Crippen LogP) is 4.40. The highest BCUT2D eigenvalue weighted by molar-refractivity contribution is 5.97. The van der Waals surface area contributed by atoms with Gasteiger partial charge in [-0.1, -0.05) is 6.07 Å². The maximum atomic E-state index is 13.1. The number of amides is 2. The summed E-state index contributed by atoms with van der Waals surface area (Å²) in [5, 5.41) is 14.4. The van der Waals surface area contributed by atoms with Gasteiger partial charge < -0.3 is 20.0 Å². The number of aromatic nitrogens is 3. The van der Waals surface area contributed by atoms with Crippen molar-refractivity contribution in [1.82, 2.24) is 20.1 Å². The lowest BCUT2D eigenvalue weighted by molar-refractivity contribution is -0.139. The summed E-state index contributed by atoms with van der Waals surface area (Å²) in [6, 6.07) is 18.1. The summed E-state index contributed by atoms with van der Waals surface area (Å²) in [4.78, 5) is 31.9. The van der Waals surface area contributed by atoms with Gasteiger partial charge >= 0.3 is 0 Å². The van der Waals surface area contributed by atoms with Gasteiger partial charge in [-0.3, -0.25) is 14.6 Å². The molecule has 2 amide bonds. The van der Waals surface area contributed by atoms with Crippen molar-refractivity contribution >= 4 is 23.2 Å². The number of rotatable bonds is 7. The highest BCUT2D eigenvalue weighted by Gasteiger charge is 2.32. The lowest BCUT2D eigenvalue weighted by atomic mass is 10.00. The second-order valence-electron chi connectivity index (χ2n) is 8.94. The van der Waals surface area contributed by atoms with Crippen LogP contribution < -0.4 is 10.6 Å². The molecule has 0 aliphatic carbocycles. The third-order valence-corrected chi connectivity index (χ3v) is 6.45. The molecule has 4 aromatic rings. The summed E-state index contributed by atoms with van der Waals surface area (Å²) >= 11 is 0. The Balaban J connectivity index is 1.23. The van der Waals surface area contributed by atoms with Crippen LogP contribution in [0.1, 0.15) is 24.8 Å². The van der Waals surface area contributed by atoms with Crippen molar-refractivity contribution in [3.63, 3.8) is 0 Å². The third-order valence-electron chi connectivity index (χ3n) is 6.45. The van der Waals surface area contributed by atoms with E-state index < -0.39 is 6.04 Å². The number of hydrogen-bond acceptors (Lipinski definition) is 7. The zero-order valence-electron chi connectivity index (χ0n) is 20.6. The number of carbonyl (C=O) groups excluding carboxylic acids is 2. The molecule has 2 aromatic carbocycles. The highest BCUT2D eigenvalue weighted by Crippen LogP contribution is 2.26. The smallest absolute Gasteiger partial charge is 0.248 e. The van der Waals surface area contributed by atoms with Gasteiger partial charge in [-0.15, -0.1) is 10.2 Å². The average Bonchev–Trinajstić information content (AvgIpc) is 3.44. The van der Waals surface area contributed by atoms with E-state index >= 15 is 0 Å². The van der Waals surface area contributed by atoms with E-state index in [1.54, 1.807) is 29.4 Å². The summed E-state index contributed by atoms with van der Waals surface area (Å²) in [6.45, 7) is 0.577. The number of pyridine rings is 1. The Kier molecular flexibility index (Phi) is 7.21. The standard InChI is InChI=1S/C28H28N6O3/c1-29-22-11-7-20(8-12-22)27-32-33-28(37-27)21-9-13-23(14-10-21)31-26(36)24-6-2-3-16-34(24)25(35)17-19-5-4-15-30-18-19/h4-5,7-15,18,24,29H,2-3,6,16-17H2,1H3,(H,31,36)/t24-/m0/s1. The first-order chi connectivity index (χ1) is 18.1. The van der Waals surface area contributed by atoms with Crippen LogP contribution in [0.15, 0.2) is 77.5 Å². The summed E-state index contributed by atoms with van der Waals surface area (Å²) in [5.41, 5.74) is 4.05. The maximum absolute atomic E-state index is 13.1. The molecule has 1 saturated heterocycles. The minimum atomic E-state index is -0.495. The molecule has 2 N–H and O–H groups in total. The summed E-state index contributed by atoms with van der Waals surface area (Å²) in [7, 11) is 1.86. The molecule has 1 aliphatic heterocycles. The van der Waals surface area contributed by atoms with Crippen LogP contribution in [-0.4, -0.2) is 51.5 Å². The fourth-order valence-electron chi connectivity index (χ4n) is 4.44. The number of carbonyl (C=O) groups is 2. The Morgan fingerprint density at radius 2 is 1.62 bits per heavy atom. The molecule has 1 fully saturated rings. The van der Waals surface area contributed by atoms with Crippen LogP contribution >= 0.6 is 0 Å². The minimum absolute atomic E-state index is 0.0593. The molecule has 0 saturated carbocycles. The second kappa shape index (κ2) is 11.0. The number of piperidine rings is 1. The van der Waals surface area contributed by atoms with E-state index in [4.69, 9.17) is 4.42 Å². The maximum Gasteiger partial charge on any atom is 0.248 e. The van der Waals surface area contributed by atoms with Crippen LogP contribution in [0.2, 0.25) is 0 Å². The van der Waals surface area contributed by atoms with E-state index in [1.807, 2.05) is 55.6 Å². The first-order valence-electron chi connectivity index (χ1n) is 12.3. The first kappa shape index (κ1) is 24.2. The number of benzene rings is 2. The van der Waals surface area contributed by atoms with Crippen molar-refractivity contribution in [3.8, 4) is 22.9 Å². The van der Waals surface area contributed by atoms with Gasteiger partial charge in [0.2, 0.25) is 23.6 Å². The Bertz CT molecular complexity index is 1350. The van der Waals surface area contributed by atoms with Crippen LogP contribution in [0.4, 0.5) is 11.4 Å². The van der Waals surface area contributed by atoms with Crippen LogP contribution in [-0.2, 0) is 16.0 Å². The molecular formula is C28H28N6O3. The normalized spacial score (nSPS) is 15.3. The summed E-state index contributed by atoms with van der Waals surface area (Å²) in [6.07, 6.45) is 6.04. The summed E-state index contributed by atoms with van der Waals surface area (Å²) in [5.74, 6) is 0.585. The molecule has 0 unspecified atom stereocenters. The van der Waals surface area contributed by atoms with E-state index in [-0.39, 0.29) is 18.2 Å². The first-order valence-corrected chi connectivity index (χ1v) is 12.3. The number of hydrogen-bond donors (Lipinski definition) is 2. The van der Waals surface area contributed by atoms with E-state index in [0.717, 1.165) is 35.2 Å². The van der Waals surface area contributed by atoms with Crippen molar-refractivity contribution in [3.05, 3.63) is 78.6 Å². The Labute approximate surface area is 214 Å². The molecule has 188 valence electrons. The largest absolute Gasteiger partial charge is 0.416 e. The zero-order chi connectivity index (χ0) is 25.6. The van der Waals surface area contributed by atoms with Gasteiger partial charge in [0.05, 0.1) is 6.42 Å². The SMILES string of the molecule is CNc1ccc(-c2nnc(-c3ccc(NC(=O)[C@@H]4CCCCN4C(=O)Cc4cccnc4)cc3)o2)cc1. The predicted molar refractivity (Wildman–Crippen MR) is 141 cm³/mol.